The maximum absolute atomic E-state index is 11.4. The molecule has 6 heterocycles. The lowest BCUT2D eigenvalue weighted by Gasteiger charge is -2.49. The second-order valence-corrected chi connectivity index (χ2v) is 14.1. The Balaban J connectivity index is 1.34. The summed E-state index contributed by atoms with van der Waals surface area (Å²) in [5, 5.41) is 160. The topological polar surface area (TPSA) is 396 Å². The standard InChI is InChI=1S/C30H50O25/c31-1-6-11(34)16(39)18(41)28(50-6)54-25-15(38)10-5-47-27-20(43)23(13(36)7(2-32)49-27)53-29-19(42)17(40)12(35)9(51-29)4-46-26-21(44)24(14(37)8(3-33)48-26)55-30(52-10)22(25)45/h6-45H,1-5H2/t6-,7-,8-,9+,10-,11+,12+,13-,14-,15-,16+,17-,18-,19+,20-,21-,22-,23+,24+,25+,26+,27+,28-,29+,30-/m1/s1. The van der Waals surface area contributed by atoms with Crippen molar-refractivity contribution < 1.29 is 124 Å². The fourth-order valence-corrected chi connectivity index (χ4v) is 7.21. The fourth-order valence-electron chi connectivity index (χ4n) is 7.21. The average molecular weight is 811 g/mol. The molecule has 6 rings (SSSR count). The van der Waals surface area contributed by atoms with Gasteiger partial charge in [0.2, 0.25) is 0 Å². The molecule has 0 amide bonds. The van der Waals surface area contributed by atoms with Gasteiger partial charge in [0.15, 0.2) is 31.5 Å². The van der Waals surface area contributed by atoms with E-state index in [9.17, 15) is 76.6 Å². The number of aliphatic hydroxyl groups is 15. The summed E-state index contributed by atoms with van der Waals surface area (Å²) < 4.78 is 56.2. The van der Waals surface area contributed by atoms with E-state index in [1.165, 1.54) is 0 Å². The Labute approximate surface area is 310 Å². The van der Waals surface area contributed by atoms with Gasteiger partial charge in [-0.3, -0.25) is 0 Å². The SMILES string of the molecule is OC[C@H]1O[C@H](O[C@@H]2[C@@H](O)[C@H]3O[C@@H]4[C@@H](O)[C@@H](OC[C@@H]5O[C@@H](O[C@@H]6[C@@H](O)[C@@H](OC[C@@H](O3)[C@H]2O)O[C@H](CO)[C@H]6O)[C@@H](O)[C@H](O)[C@H]5O)O[C@H](CO)[C@H]4O)[C@H](O)[C@@H](O)[C@H]1O. The molecule has 6 saturated heterocycles. The summed E-state index contributed by atoms with van der Waals surface area (Å²) in [7, 11) is 0. The third-order valence-corrected chi connectivity index (χ3v) is 10.5. The normalized spacial score (nSPS) is 55.6. The summed E-state index contributed by atoms with van der Waals surface area (Å²) in [6.07, 6.45) is -46.2. The largest absolute Gasteiger partial charge is 0.394 e. The van der Waals surface area contributed by atoms with Crippen LogP contribution in [-0.4, -0.2) is 263 Å². The fraction of sp³-hybridized carbons (Fsp3) is 1.00. The monoisotopic (exact) mass is 810 g/mol. The molecule has 0 radical (unpaired) electrons. The number of hydrogen-bond acceptors (Lipinski definition) is 25. The molecule has 25 heteroatoms. The van der Waals surface area contributed by atoms with Crippen LogP contribution in [0.2, 0.25) is 0 Å². The number of fused-ring (bicyclic) bond motifs is 8. The van der Waals surface area contributed by atoms with E-state index in [2.05, 4.69) is 0 Å². The zero-order chi connectivity index (χ0) is 40.0. The van der Waals surface area contributed by atoms with Gasteiger partial charge in [-0.1, -0.05) is 0 Å². The van der Waals surface area contributed by atoms with Crippen molar-refractivity contribution in [1.29, 1.82) is 0 Å². The molecular formula is C30H50O25. The van der Waals surface area contributed by atoms with Crippen LogP contribution in [0.5, 0.6) is 0 Å². The summed E-state index contributed by atoms with van der Waals surface area (Å²) in [5.41, 5.74) is 0. The van der Waals surface area contributed by atoms with Crippen molar-refractivity contribution in [2.45, 2.75) is 154 Å². The lowest BCUT2D eigenvalue weighted by molar-refractivity contribution is -0.393. The van der Waals surface area contributed by atoms with E-state index in [0.29, 0.717) is 0 Å². The summed E-state index contributed by atoms with van der Waals surface area (Å²) in [6.45, 7) is -4.18. The highest BCUT2D eigenvalue weighted by Crippen LogP contribution is 2.35. The Morgan fingerprint density at radius 2 is 0.800 bits per heavy atom. The molecule has 6 fully saturated rings. The van der Waals surface area contributed by atoms with Gasteiger partial charge in [-0.05, 0) is 0 Å². The molecule has 320 valence electrons. The van der Waals surface area contributed by atoms with Gasteiger partial charge in [-0.15, -0.1) is 0 Å². The van der Waals surface area contributed by atoms with Crippen LogP contribution in [0.25, 0.3) is 0 Å². The molecule has 0 aromatic rings. The van der Waals surface area contributed by atoms with Crippen molar-refractivity contribution in [2.75, 3.05) is 33.0 Å². The molecular weight excluding hydrogens is 760 g/mol. The van der Waals surface area contributed by atoms with Crippen molar-refractivity contribution >= 4 is 0 Å². The Bertz CT molecular complexity index is 1220. The van der Waals surface area contributed by atoms with Crippen LogP contribution in [0.1, 0.15) is 0 Å². The van der Waals surface area contributed by atoms with Gasteiger partial charge < -0.3 is 124 Å². The minimum atomic E-state index is -2.11. The second kappa shape index (κ2) is 18.1. The van der Waals surface area contributed by atoms with E-state index < -0.39 is 187 Å². The molecule has 0 aromatic heterocycles. The van der Waals surface area contributed by atoms with Gasteiger partial charge >= 0.3 is 0 Å². The first-order valence-corrected chi connectivity index (χ1v) is 17.6. The minimum Gasteiger partial charge on any atom is -0.394 e. The maximum atomic E-state index is 11.4. The Morgan fingerprint density at radius 1 is 0.364 bits per heavy atom. The number of aliphatic hydroxyl groups excluding tert-OH is 15. The van der Waals surface area contributed by atoms with Crippen LogP contribution in [0.4, 0.5) is 0 Å². The van der Waals surface area contributed by atoms with Crippen molar-refractivity contribution in [1.82, 2.24) is 0 Å². The molecule has 25 atom stereocenters. The highest BCUT2D eigenvalue weighted by atomic mass is 16.8. The summed E-state index contributed by atoms with van der Waals surface area (Å²) >= 11 is 0. The Kier molecular flexibility index (Phi) is 14.3. The van der Waals surface area contributed by atoms with Crippen LogP contribution in [0.15, 0.2) is 0 Å². The van der Waals surface area contributed by atoms with Gasteiger partial charge in [0.05, 0.1) is 33.0 Å². The van der Waals surface area contributed by atoms with Gasteiger partial charge in [-0.2, -0.15) is 0 Å². The zero-order valence-corrected chi connectivity index (χ0v) is 28.8. The lowest BCUT2D eigenvalue weighted by Crippen LogP contribution is -2.68. The molecule has 0 saturated carbocycles. The first kappa shape index (κ1) is 43.6. The quantitative estimate of drug-likeness (QED) is 0.123. The van der Waals surface area contributed by atoms with Crippen LogP contribution in [-0.2, 0) is 47.4 Å². The summed E-state index contributed by atoms with van der Waals surface area (Å²) in [6, 6.07) is 0. The van der Waals surface area contributed by atoms with Crippen LogP contribution >= 0.6 is 0 Å². The van der Waals surface area contributed by atoms with Gasteiger partial charge in [0.25, 0.3) is 0 Å². The molecule has 8 bridgehead atoms. The first-order chi connectivity index (χ1) is 26.1. The van der Waals surface area contributed by atoms with E-state index in [1.807, 2.05) is 0 Å². The van der Waals surface area contributed by atoms with E-state index in [1.54, 1.807) is 0 Å². The Morgan fingerprint density at radius 3 is 1.29 bits per heavy atom. The van der Waals surface area contributed by atoms with Crippen molar-refractivity contribution in [3.8, 4) is 0 Å². The average Bonchev–Trinajstić information content (AvgIpc) is 3.17. The van der Waals surface area contributed by atoms with Crippen molar-refractivity contribution in [3.63, 3.8) is 0 Å². The molecule has 25 nitrogen and oxygen atoms in total. The molecule has 0 aliphatic carbocycles. The van der Waals surface area contributed by atoms with Crippen LogP contribution in [0.3, 0.4) is 0 Å². The van der Waals surface area contributed by atoms with Gasteiger partial charge in [-0.25, -0.2) is 0 Å². The molecule has 0 unspecified atom stereocenters. The maximum Gasteiger partial charge on any atom is 0.187 e. The van der Waals surface area contributed by atoms with Gasteiger partial charge in [0.1, 0.15) is 122 Å². The van der Waals surface area contributed by atoms with Crippen molar-refractivity contribution in [3.05, 3.63) is 0 Å². The van der Waals surface area contributed by atoms with E-state index in [-0.39, 0.29) is 0 Å². The molecule has 55 heavy (non-hydrogen) atoms. The number of ether oxygens (including phenoxy) is 10. The lowest BCUT2D eigenvalue weighted by atomic mass is 9.95. The third-order valence-electron chi connectivity index (χ3n) is 10.5. The predicted molar refractivity (Wildman–Crippen MR) is 163 cm³/mol. The predicted octanol–water partition coefficient (Wildman–Crippen LogP) is -10.9. The minimum absolute atomic E-state index is 0.747. The zero-order valence-electron chi connectivity index (χ0n) is 28.8. The first-order valence-electron chi connectivity index (χ1n) is 17.6. The Hall–Kier alpha value is -1.00. The van der Waals surface area contributed by atoms with Gasteiger partial charge in [0, 0.05) is 0 Å². The molecule has 15 N–H and O–H groups in total. The molecule has 0 spiro atoms. The molecule has 6 aliphatic heterocycles. The van der Waals surface area contributed by atoms with E-state index in [4.69, 9.17) is 47.4 Å². The van der Waals surface area contributed by atoms with Crippen LogP contribution < -0.4 is 0 Å². The highest BCUT2D eigenvalue weighted by Gasteiger charge is 2.56. The number of rotatable bonds is 5. The molecule has 6 aliphatic rings. The van der Waals surface area contributed by atoms with Crippen LogP contribution in [0, 0.1) is 0 Å². The van der Waals surface area contributed by atoms with E-state index in [0.717, 1.165) is 0 Å². The summed E-state index contributed by atoms with van der Waals surface area (Å²) in [5.74, 6) is 0. The smallest absolute Gasteiger partial charge is 0.187 e. The highest BCUT2D eigenvalue weighted by molar-refractivity contribution is 4.99. The number of hydrogen-bond donors (Lipinski definition) is 15. The molecule has 0 aromatic carbocycles. The summed E-state index contributed by atoms with van der Waals surface area (Å²) in [4.78, 5) is 0. The third kappa shape index (κ3) is 8.55. The second-order valence-electron chi connectivity index (χ2n) is 14.1. The van der Waals surface area contributed by atoms with E-state index >= 15 is 0 Å². The van der Waals surface area contributed by atoms with Crippen molar-refractivity contribution in [2.24, 2.45) is 0 Å².